The van der Waals surface area contributed by atoms with Crippen LogP contribution in [0.25, 0.3) is 22.3 Å². The van der Waals surface area contributed by atoms with E-state index >= 15 is 0 Å². The van der Waals surface area contributed by atoms with Crippen LogP contribution in [-0.2, 0) is 6.42 Å². The van der Waals surface area contributed by atoms with E-state index in [4.69, 9.17) is 17.3 Å². The number of nitrogens with two attached hydrogens (primary N) is 1. The SMILES string of the molecule is CCC(C)c1ccc2[nH]c(-c3ncccc3Cl)c(CCCCN)c2c1. The lowest BCUT2D eigenvalue weighted by Gasteiger charge is -2.10. The molecule has 0 aliphatic rings. The number of hydrogen-bond donors (Lipinski definition) is 2. The molecule has 132 valence electrons. The molecule has 25 heavy (non-hydrogen) atoms. The van der Waals surface area contributed by atoms with Crippen molar-refractivity contribution in [3.63, 3.8) is 0 Å². The second kappa shape index (κ2) is 8.03. The molecule has 0 fully saturated rings. The maximum Gasteiger partial charge on any atom is 0.105 e. The Morgan fingerprint density at radius 3 is 2.80 bits per heavy atom. The Balaban J connectivity index is 2.15. The Kier molecular flexibility index (Phi) is 5.77. The van der Waals surface area contributed by atoms with Gasteiger partial charge in [-0.05, 0) is 73.5 Å². The van der Waals surface area contributed by atoms with Crippen LogP contribution in [0.2, 0.25) is 5.02 Å². The fourth-order valence-corrected chi connectivity index (χ4v) is 3.50. The molecule has 3 N–H and O–H groups in total. The molecular formula is C21H26ClN3. The number of benzene rings is 1. The number of aromatic nitrogens is 2. The van der Waals surface area contributed by atoms with Gasteiger partial charge in [0.15, 0.2) is 0 Å². The summed E-state index contributed by atoms with van der Waals surface area (Å²) in [4.78, 5) is 8.07. The van der Waals surface area contributed by atoms with Gasteiger partial charge in [0.05, 0.1) is 10.7 Å². The van der Waals surface area contributed by atoms with Crippen LogP contribution in [0.5, 0.6) is 0 Å². The summed E-state index contributed by atoms with van der Waals surface area (Å²) in [5, 5.41) is 1.96. The highest BCUT2D eigenvalue weighted by Gasteiger charge is 2.17. The second-order valence-electron chi connectivity index (χ2n) is 6.67. The molecule has 1 aromatic carbocycles. The van der Waals surface area contributed by atoms with Crippen molar-refractivity contribution < 1.29 is 0 Å². The Morgan fingerprint density at radius 1 is 1.24 bits per heavy atom. The number of hydrogen-bond acceptors (Lipinski definition) is 2. The zero-order valence-electron chi connectivity index (χ0n) is 15.0. The van der Waals surface area contributed by atoms with Gasteiger partial charge >= 0.3 is 0 Å². The van der Waals surface area contributed by atoms with E-state index in [9.17, 15) is 0 Å². The molecule has 3 rings (SSSR count). The van der Waals surface area contributed by atoms with Gasteiger partial charge in [0.2, 0.25) is 0 Å². The predicted octanol–water partition coefficient (Wildman–Crippen LogP) is 5.68. The smallest absolute Gasteiger partial charge is 0.105 e. The first-order valence-electron chi connectivity index (χ1n) is 9.11. The number of nitrogens with zero attached hydrogens (tertiary/aromatic N) is 1. The van der Waals surface area contributed by atoms with Crippen molar-refractivity contribution in [1.82, 2.24) is 9.97 Å². The molecule has 0 saturated carbocycles. The van der Waals surface area contributed by atoms with Gasteiger partial charge in [0.25, 0.3) is 0 Å². The normalized spacial score (nSPS) is 12.6. The number of fused-ring (bicyclic) bond motifs is 1. The van der Waals surface area contributed by atoms with E-state index < -0.39 is 0 Å². The standard InChI is InChI=1S/C21H26ClN3/c1-3-14(2)15-9-10-19-17(13-15)16(7-4-5-11-23)20(25-19)21-18(22)8-6-12-24-21/h6,8-10,12-14,25H,3-5,7,11,23H2,1-2H3. The van der Waals surface area contributed by atoms with Gasteiger partial charge in [-0.25, -0.2) is 0 Å². The lowest BCUT2D eigenvalue weighted by atomic mass is 9.95. The highest BCUT2D eigenvalue weighted by molar-refractivity contribution is 6.33. The van der Waals surface area contributed by atoms with Crippen LogP contribution < -0.4 is 5.73 Å². The summed E-state index contributed by atoms with van der Waals surface area (Å²) in [6.07, 6.45) is 5.99. The highest BCUT2D eigenvalue weighted by Crippen LogP contribution is 2.35. The van der Waals surface area contributed by atoms with Gasteiger partial charge in [-0.1, -0.05) is 31.5 Å². The van der Waals surface area contributed by atoms with E-state index in [0.29, 0.717) is 10.9 Å². The molecular weight excluding hydrogens is 330 g/mol. The van der Waals surface area contributed by atoms with Crippen molar-refractivity contribution >= 4 is 22.5 Å². The van der Waals surface area contributed by atoms with E-state index in [1.165, 1.54) is 16.5 Å². The van der Waals surface area contributed by atoms with Gasteiger partial charge in [-0.3, -0.25) is 4.98 Å². The third-order valence-electron chi connectivity index (χ3n) is 4.99. The molecule has 2 heterocycles. The maximum atomic E-state index is 6.42. The van der Waals surface area contributed by atoms with Crippen LogP contribution in [-0.4, -0.2) is 16.5 Å². The van der Waals surface area contributed by atoms with Gasteiger partial charge in [0.1, 0.15) is 5.69 Å². The quantitative estimate of drug-likeness (QED) is 0.536. The van der Waals surface area contributed by atoms with Gasteiger partial charge < -0.3 is 10.7 Å². The number of halogens is 1. The van der Waals surface area contributed by atoms with Gasteiger partial charge in [-0.15, -0.1) is 0 Å². The molecule has 3 aromatic rings. The van der Waals surface area contributed by atoms with E-state index in [0.717, 1.165) is 49.1 Å². The average molecular weight is 356 g/mol. The van der Waals surface area contributed by atoms with E-state index in [2.05, 4.69) is 42.0 Å². The minimum atomic E-state index is 0.554. The maximum absolute atomic E-state index is 6.42. The van der Waals surface area contributed by atoms with Crippen LogP contribution in [0.1, 0.15) is 50.2 Å². The molecule has 0 amide bonds. The predicted molar refractivity (Wildman–Crippen MR) is 107 cm³/mol. The van der Waals surface area contributed by atoms with Crippen LogP contribution >= 0.6 is 11.6 Å². The largest absolute Gasteiger partial charge is 0.353 e. The van der Waals surface area contributed by atoms with Crippen LogP contribution in [0.3, 0.4) is 0 Å². The molecule has 0 aliphatic heterocycles. The highest BCUT2D eigenvalue weighted by atomic mass is 35.5. The number of aromatic amines is 1. The van der Waals surface area contributed by atoms with Gasteiger partial charge in [0, 0.05) is 17.1 Å². The Bertz CT molecular complexity index is 853. The summed E-state index contributed by atoms with van der Waals surface area (Å²) in [7, 11) is 0. The summed E-state index contributed by atoms with van der Waals surface area (Å²) in [5.74, 6) is 0.554. The third kappa shape index (κ3) is 3.73. The number of aryl methyl sites for hydroxylation is 1. The minimum Gasteiger partial charge on any atom is -0.353 e. The average Bonchev–Trinajstić information content (AvgIpc) is 2.99. The second-order valence-corrected chi connectivity index (χ2v) is 7.08. The summed E-state index contributed by atoms with van der Waals surface area (Å²) in [6.45, 7) is 5.23. The number of pyridine rings is 1. The number of nitrogens with one attached hydrogen (secondary N) is 1. The number of H-pyrrole nitrogens is 1. The molecule has 4 heteroatoms. The first-order valence-corrected chi connectivity index (χ1v) is 9.49. The molecule has 0 saturated heterocycles. The van der Waals surface area contributed by atoms with Crippen molar-refractivity contribution in [2.75, 3.05) is 6.54 Å². The van der Waals surface area contributed by atoms with Crippen molar-refractivity contribution in [3.05, 3.63) is 52.7 Å². The Labute approximate surface area is 154 Å². The zero-order valence-corrected chi connectivity index (χ0v) is 15.7. The lowest BCUT2D eigenvalue weighted by molar-refractivity contribution is 0.734. The van der Waals surface area contributed by atoms with Crippen molar-refractivity contribution in [1.29, 1.82) is 0 Å². The number of rotatable bonds is 7. The molecule has 1 unspecified atom stereocenters. The fraction of sp³-hybridized carbons (Fsp3) is 0.381. The molecule has 0 bridgehead atoms. The summed E-state index contributed by atoms with van der Waals surface area (Å²) in [5.41, 5.74) is 11.4. The fourth-order valence-electron chi connectivity index (χ4n) is 3.29. The van der Waals surface area contributed by atoms with Crippen LogP contribution in [0.15, 0.2) is 36.5 Å². The Morgan fingerprint density at radius 2 is 2.08 bits per heavy atom. The molecule has 1 atom stereocenters. The molecule has 0 aliphatic carbocycles. The molecule has 2 aromatic heterocycles. The van der Waals surface area contributed by atoms with Crippen molar-refractivity contribution in [2.24, 2.45) is 5.73 Å². The van der Waals surface area contributed by atoms with E-state index in [1.54, 1.807) is 6.20 Å². The van der Waals surface area contributed by atoms with Crippen LogP contribution in [0, 0.1) is 0 Å². The van der Waals surface area contributed by atoms with E-state index in [-0.39, 0.29) is 0 Å². The third-order valence-corrected chi connectivity index (χ3v) is 5.29. The van der Waals surface area contributed by atoms with Crippen molar-refractivity contribution in [3.8, 4) is 11.4 Å². The van der Waals surface area contributed by atoms with E-state index in [1.807, 2.05) is 12.1 Å². The summed E-state index contributed by atoms with van der Waals surface area (Å²) in [6, 6.07) is 10.5. The molecule has 0 spiro atoms. The summed E-state index contributed by atoms with van der Waals surface area (Å²) < 4.78 is 0. The molecule has 0 radical (unpaired) electrons. The minimum absolute atomic E-state index is 0.554. The first-order chi connectivity index (χ1) is 12.2. The summed E-state index contributed by atoms with van der Waals surface area (Å²) >= 11 is 6.42. The Hall–Kier alpha value is -1.84. The lowest BCUT2D eigenvalue weighted by Crippen LogP contribution is -1.99. The monoisotopic (exact) mass is 355 g/mol. The van der Waals surface area contributed by atoms with Crippen LogP contribution in [0.4, 0.5) is 0 Å². The van der Waals surface area contributed by atoms with Gasteiger partial charge in [-0.2, -0.15) is 0 Å². The van der Waals surface area contributed by atoms with Crippen molar-refractivity contribution in [2.45, 2.75) is 45.4 Å². The topological polar surface area (TPSA) is 54.7 Å². The number of unbranched alkanes of at least 4 members (excludes halogenated alkanes) is 1. The first kappa shape index (κ1) is 18.0. The zero-order chi connectivity index (χ0) is 17.8. The molecule has 3 nitrogen and oxygen atoms in total.